The molecule has 0 aromatic rings. The topological polar surface area (TPSA) is 107 Å². The fraction of sp³-hybridized carbons (Fsp3) is 0.143. The first kappa shape index (κ1) is 11.2. The predicted octanol–water partition coefficient (Wildman–Crippen LogP) is -0.0354. The standard InChI is InChI=1S/C7H9NO5/c1-2-3-4(7(11)12)5(9)6(10)8-13/h2,9,13H,1,3H2,(H,8,10)(H,11,12)/b5-4+. The molecule has 0 aliphatic rings. The van der Waals surface area contributed by atoms with E-state index in [0.717, 1.165) is 5.48 Å². The zero-order valence-corrected chi connectivity index (χ0v) is 6.65. The Morgan fingerprint density at radius 2 is 1.92 bits per heavy atom. The van der Waals surface area contributed by atoms with Crippen LogP contribution in [-0.4, -0.2) is 27.3 Å². The van der Waals surface area contributed by atoms with Crippen molar-refractivity contribution in [3.8, 4) is 0 Å². The number of hydrogen-bond acceptors (Lipinski definition) is 4. The van der Waals surface area contributed by atoms with E-state index in [1.165, 1.54) is 6.08 Å². The van der Waals surface area contributed by atoms with Gasteiger partial charge in [-0.1, -0.05) is 6.08 Å². The van der Waals surface area contributed by atoms with Gasteiger partial charge in [0.05, 0.1) is 5.57 Å². The number of hydrogen-bond donors (Lipinski definition) is 4. The molecular formula is C7H9NO5. The fourth-order valence-corrected chi connectivity index (χ4v) is 0.620. The normalized spacial score (nSPS) is 11.5. The van der Waals surface area contributed by atoms with Crippen molar-refractivity contribution in [2.75, 3.05) is 0 Å². The highest BCUT2D eigenvalue weighted by molar-refractivity contribution is 5.99. The first-order valence-electron chi connectivity index (χ1n) is 3.25. The number of aliphatic carboxylic acids is 1. The first-order chi connectivity index (χ1) is 6.04. The van der Waals surface area contributed by atoms with Crippen LogP contribution in [0.5, 0.6) is 0 Å². The molecule has 0 spiro atoms. The molecule has 1 amide bonds. The molecule has 6 heteroatoms. The lowest BCUT2D eigenvalue weighted by molar-refractivity contribution is -0.134. The number of aliphatic hydroxyl groups is 1. The number of amides is 1. The average molecular weight is 187 g/mol. The lowest BCUT2D eigenvalue weighted by atomic mass is 10.1. The molecular weight excluding hydrogens is 178 g/mol. The van der Waals surface area contributed by atoms with E-state index in [0.29, 0.717) is 0 Å². The number of nitrogens with one attached hydrogen (secondary N) is 1. The number of carboxylic acids is 1. The van der Waals surface area contributed by atoms with Crippen LogP contribution >= 0.6 is 0 Å². The molecule has 0 rings (SSSR count). The summed E-state index contributed by atoms with van der Waals surface area (Å²) in [6.07, 6.45) is 1.04. The maximum absolute atomic E-state index is 10.6. The maximum atomic E-state index is 10.6. The molecule has 0 unspecified atom stereocenters. The van der Waals surface area contributed by atoms with E-state index in [2.05, 4.69) is 6.58 Å². The zero-order chi connectivity index (χ0) is 10.4. The molecule has 0 aromatic heterocycles. The summed E-state index contributed by atoms with van der Waals surface area (Å²) in [5.41, 5.74) is 0.588. The largest absolute Gasteiger partial charge is 0.503 e. The van der Waals surface area contributed by atoms with Crippen molar-refractivity contribution in [1.29, 1.82) is 0 Å². The quantitative estimate of drug-likeness (QED) is 0.162. The Hall–Kier alpha value is -1.82. The molecule has 0 fully saturated rings. The summed E-state index contributed by atoms with van der Waals surface area (Å²) in [5.74, 6) is -3.74. The second-order valence-corrected chi connectivity index (χ2v) is 2.07. The molecule has 0 saturated carbocycles. The van der Waals surface area contributed by atoms with Gasteiger partial charge in [0, 0.05) is 6.42 Å². The zero-order valence-electron chi connectivity index (χ0n) is 6.65. The lowest BCUT2D eigenvalue weighted by Crippen LogP contribution is -2.23. The molecule has 6 nitrogen and oxygen atoms in total. The van der Waals surface area contributed by atoms with E-state index in [4.69, 9.17) is 15.4 Å². The summed E-state index contributed by atoms with van der Waals surface area (Å²) in [6.45, 7) is 3.25. The van der Waals surface area contributed by atoms with Crippen molar-refractivity contribution in [2.24, 2.45) is 0 Å². The highest BCUT2D eigenvalue weighted by Crippen LogP contribution is 2.07. The predicted molar refractivity (Wildman–Crippen MR) is 42.0 cm³/mol. The minimum atomic E-state index is -1.44. The van der Waals surface area contributed by atoms with Crippen LogP contribution in [0.3, 0.4) is 0 Å². The molecule has 0 aliphatic heterocycles. The van der Waals surface area contributed by atoms with Gasteiger partial charge in [-0.3, -0.25) is 10.0 Å². The monoisotopic (exact) mass is 187 g/mol. The summed E-state index contributed by atoms with van der Waals surface area (Å²) in [5, 5.41) is 25.5. The SMILES string of the molecule is C=CC/C(C(=O)O)=C(\O)C(=O)NO. The third-order valence-corrected chi connectivity index (χ3v) is 1.21. The van der Waals surface area contributed by atoms with Gasteiger partial charge in [0.2, 0.25) is 0 Å². The molecule has 13 heavy (non-hydrogen) atoms. The van der Waals surface area contributed by atoms with Gasteiger partial charge in [0.15, 0.2) is 5.76 Å². The molecule has 0 aliphatic carbocycles. The van der Waals surface area contributed by atoms with Gasteiger partial charge in [-0.15, -0.1) is 6.58 Å². The van der Waals surface area contributed by atoms with Crippen molar-refractivity contribution in [3.05, 3.63) is 24.0 Å². The lowest BCUT2D eigenvalue weighted by Gasteiger charge is -2.01. The van der Waals surface area contributed by atoms with E-state index in [1.807, 2.05) is 0 Å². The van der Waals surface area contributed by atoms with Crippen LogP contribution in [0.4, 0.5) is 0 Å². The smallest absolute Gasteiger partial charge is 0.335 e. The Balaban J connectivity index is 4.95. The highest BCUT2D eigenvalue weighted by atomic mass is 16.5. The first-order valence-corrected chi connectivity index (χ1v) is 3.25. The van der Waals surface area contributed by atoms with Crippen LogP contribution in [0.1, 0.15) is 6.42 Å². The number of carboxylic acid groups (broad SMARTS) is 1. The molecule has 0 saturated heterocycles. The van der Waals surface area contributed by atoms with Crippen LogP contribution in [-0.2, 0) is 9.59 Å². The molecule has 0 radical (unpaired) electrons. The summed E-state index contributed by atoms with van der Waals surface area (Å²) in [6, 6.07) is 0. The molecule has 72 valence electrons. The average Bonchev–Trinajstić information content (AvgIpc) is 2.11. The Kier molecular flexibility index (Phi) is 4.25. The van der Waals surface area contributed by atoms with Crippen molar-refractivity contribution in [1.82, 2.24) is 5.48 Å². The Labute approximate surface area is 73.8 Å². The highest BCUT2D eigenvalue weighted by Gasteiger charge is 2.17. The second-order valence-electron chi connectivity index (χ2n) is 2.07. The number of rotatable bonds is 4. The fourth-order valence-electron chi connectivity index (χ4n) is 0.620. The Bertz CT molecular complexity index is 268. The molecule has 0 bridgehead atoms. The van der Waals surface area contributed by atoms with Crippen LogP contribution in [0.15, 0.2) is 24.0 Å². The number of carbonyl (C=O) groups excluding carboxylic acids is 1. The Morgan fingerprint density at radius 3 is 2.23 bits per heavy atom. The van der Waals surface area contributed by atoms with Crippen molar-refractivity contribution >= 4 is 11.9 Å². The summed E-state index contributed by atoms with van der Waals surface area (Å²) >= 11 is 0. The van der Waals surface area contributed by atoms with Crippen molar-refractivity contribution in [2.45, 2.75) is 6.42 Å². The van der Waals surface area contributed by atoms with Crippen molar-refractivity contribution < 1.29 is 25.0 Å². The molecule has 0 aromatic carbocycles. The third kappa shape index (κ3) is 2.96. The van der Waals surface area contributed by atoms with Gasteiger partial charge in [-0.05, 0) is 0 Å². The van der Waals surface area contributed by atoms with Crippen LogP contribution in [0.2, 0.25) is 0 Å². The Morgan fingerprint density at radius 1 is 1.38 bits per heavy atom. The molecule has 0 heterocycles. The van der Waals surface area contributed by atoms with Crippen LogP contribution in [0.25, 0.3) is 0 Å². The molecule has 0 atom stereocenters. The summed E-state index contributed by atoms with van der Waals surface area (Å²) in [4.78, 5) is 21.0. The van der Waals surface area contributed by atoms with E-state index in [-0.39, 0.29) is 6.42 Å². The van der Waals surface area contributed by atoms with Crippen molar-refractivity contribution in [3.63, 3.8) is 0 Å². The van der Waals surface area contributed by atoms with E-state index in [9.17, 15) is 9.59 Å². The number of hydroxylamine groups is 1. The second kappa shape index (κ2) is 4.94. The van der Waals surface area contributed by atoms with Gasteiger partial charge < -0.3 is 10.2 Å². The minimum Gasteiger partial charge on any atom is -0.503 e. The van der Waals surface area contributed by atoms with Gasteiger partial charge in [-0.2, -0.15) is 0 Å². The van der Waals surface area contributed by atoms with Gasteiger partial charge in [0.25, 0.3) is 0 Å². The van der Waals surface area contributed by atoms with Crippen LogP contribution < -0.4 is 5.48 Å². The van der Waals surface area contributed by atoms with Gasteiger partial charge >= 0.3 is 11.9 Å². The molecule has 4 N–H and O–H groups in total. The minimum absolute atomic E-state index is 0.172. The van der Waals surface area contributed by atoms with Gasteiger partial charge in [0.1, 0.15) is 0 Å². The van der Waals surface area contributed by atoms with E-state index >= 15 is 0 Å². The van der Waals surface area contributed by atoms with E-state index in [1.54, 1.807) is 0 Å². The summed E-state index contributed by atoms with van der Waals surface area (Å²) < 4.78 is 0. The maximum Gasteiger partial charge on any atom is 0.335 e. The van der Waals surface area contributed by atoms with Crippen LogP contribution in [0, 0.1) is 0 Å². The number of allylic oxidation sites excluding steroid dienone is 1. The summed E-state index contributed by atoms with van der Waals surface area (Å²) in [7, 11) is 0. The van der Waals surface area contributed by atoms with Gasteiger partial charge in [-0.25, -0.2) is 10.3 Å². The number of aliphatic hydroxyl groups excluding tert-OH is 1. The third-order valence-electron chi connectivity index (χ3n) is 1.21. The van der Waals surface area contributed by atoms with E-state index < -0.39 is 23.2 Å². The number of carbonyl (C=O) groups is 2.